The predicted octanol–water partition coefficient (Wildman–Crippen LogP) is 1.27. The molecule has 2 N–H and O–H groups in total. The quantitative estimate of drug-likeness (QED) is 0.809. The summed E-state index contributed by atoms with van der Waals surface area (Å²) >= 11 is 1.66. The Morgan fingerprint density at radius 3 is 2.82 bits per heavy atom. The largest absolute Gasteiger partial charge is 0.349 e. The second-order valence-electron chi connectivity index (χ2n) is 3.51. The fourth-order valence-corrected chi connectivity index (χ4v) is 2.24. The van der Waals surface area contributed by atoms with Crippen molar-refractivity contribution >= 4 is 11.3 Å². The monoisotopic (exact) mass is 244 g/mol. The van der Waals surface area contributed by atoms with Crippen molar-refractivity contribution in [3.63, 3.8) is 0 Å². The van der Waals surface area contributed by atoms with E-state index in [0.29, 0.717) is 6.54 Å². The van der Waals surface area contributed by atoms with Crippen LogP contribution in [0.4, 0.5) is 0 Å². The summed E-state index contributed by atoms with van der Waals surface area (Å²) in [4.78, 5) is 12.2. The SMILES string of the molecule is NCC#Cc1csc(Cn2ccc(=O)cc2)c1. The van der Waals surface area contributed by atoms with E-state index in [2.05, 4.69) is 11.8 Å². The molecule has 17 heavy (non-hydrogen) atoms. The highest BCUT2D eigenvalue weighted by molar-refractivity contribution is 7.10. The lowest BCUT2D eigenvalue weighted by atomic mass is 10.3. The minimum Gasteiger partial charge on any atom is -0.349 e. The number of hydrogen-bond donors (Lipinski definition) is 1. The summed E-state index contributed by atoms with van der Waals surface area (Å²) in [5.41, 5.74) is 6.34. The first-order valence-electron chi connectivity index (χ1n) is 5.20. The van der Waals surface area contributed by atoms with E-state index in [1.54, 1.807) is 35.9 Å². The fourth-order valence-electron chi connectivity index (χ4n) is 1.41. The zero-order valence-corrected chi connectivity index (χ0v) is 10.0. The average Bonchev–Trinajstić information content (AvgIpc) is 2.77. The number of hydrogen-bond acceptors (Lipinski definition) is 3. The summed E-state index contributed by atoms with van der Waals surface area (Å²) in [5.74, 6) is 5.82. The van der Waals surface area contributed by atoms with Crippen molar-refractivity contribution in [2.45, 2.75) is 6.54 Å². The predicted molar refractivity (Wildman–Crippen MR) is 70.1 cm³/mol. The Morgan fingerprint density at radius 2 is 2.12 bits per heavy atom. The van der Waals surface area contributed by atoms with Crippen LogP contribution in [0.1, 0.15) is 10.4 Å². The van der Waals surface area contributed by atoms with Gasteiger partial charge in [0.15, 0.2) is 5.43 Å². The van der Waals surface area contributed by atoms with Gasteiger partial charge in [0.2, 0.25) is 0 Å². The summed E-state index contributed by atoms with van der Waals surface area (Å²) in [6, 6.07) is 5.16. The number of nitrogens with two attached hydrogens (primary N) is 1. The van der Waals surface area contributed by atoms with E-state index in [1.807, 2.05) is 16.0 Å². The molecule has 2 rings (SSSR count). The van der Waals surface area contributed by atoms with Crippen molar-refractivity contribution in [2.75, 3.05) is 6.54 Å². The smallest absolute Gasteiger partial charge is 0.181 e. The van der Waals surface area contributed by atoms with Crippen LogP contribution in [0.3, 0.4) is 0 Å². The highest BCUT2D eigenvalue weighted by Gasteiger charge is 1.98. The summed E-state index contributed by atoms with van der Waals surface area (Å²) in [6.07, 6.45) is 3.57. The molecule has 0 aromatic carbocycles. The van der Waals surface area contributed by atoms with E-state index in [9.17, 15) is 4.79 Å². The molecule has 4 heteroatoms. The Labute approximate surface area is 104 Å². The molecule has 0 bridgehead atoms. The van der Waals surface area contributed by atoms with Gasteiger partial charge in [0.25, 0.3) is 0 Å². The Morgan fingerprint density at radius 1 is 1.35 bits per heavy atom. The molecule has 0 aliphatic heterocycles. The molecule has 3 nitrogen and oxygen atoms in total. The van der Waals surface area contributed by atoms with Crippen molar-refractivity contribution in [3.05, 3.63) is 56.6 Å². The minimum atomic E-state index is 0.0296. The van der Waals surface area contributed by atoms with Gasteiger partial charge in [-0.1, -0.05) is 11.8 Å². The molecule has 86 valence electrons. The highest BCUT2D eigenvalue weighted by Crippen LogP contribution is 2.14. The number of aromatic nitrogens is 1. The van der Waals surface area contributed by atoms with Crippen LogP contribution in [0.25, 0.3) is 0 Å². The molecule has 0 aliphatic carbocycles. The molecule has 2 aromatic rings. The zero-order valence-electron chi connectivity index (χ0n) is 9.22. The fraction of sp³-hybridized carbons (Fsp3) is 0.154. The third-order valence-electron chi connectivity index (χ3n) is 2.19. The lowest BCUT2D eigenvalue weighted by Gasteiger charge is -2.02. The number of pyridine rings is 1. The van der Waals surface area contributed by atoms with Gasteiger partial charge < -0.3 is 10.3 Å². The third-order valence-corrected chi connectivity index (χ3v) is 3.11. The van der Waals surface area contributed by atoms with Crippen molar-refractivity contribution in [1.29, 1.82) is 0 Å². The van der Waals surface area contributed by atoms with Gasteiger partial charge in [-0.15, -0.1) is 11.3 Å². The van der Waals surface area contributed by atoms with Crippen molar-refractivity contribution in [3.8, 4) is 11.8 Å². The molecule has 0 saturated carbocycles. The Balaban J connectivity index is 2.11. The van der Waals surface area contributed by atoms with E-state index in [-0.39, 0.29) is 5.43 Å². The maximum absolute atomic E-state index is 11.0. The molecule has 0 amide bonds. The Kier molecular flexibility index (Phi) is 3.76. The van der Waals surface area contributed by atoms with E-state index in [1.165, 1.54) is 4.88 Å². The lowest BCUT2D eigenvalue weighted by molar-refractivity contribution is 0.800. The van der Waals surface area contributed by atoms with E-state index < -0.39 is 0 Å². The van der Waals surface area contributed by atoms with Crippen LogP contribution in [-0.4, -0.2) is 11.1 Å². The second-order valence-corrected chi connectivity index (χ2v) is 4.51. The minimum absolute atomic E-state index is 0.0296. The summed E-state index contributed by atoms with van der Waals surface area (Å²) in [5, 5.41) is 2.01. The maximum atomic E-state index is 11.0. The van der Waals surface area contributed by atoms with Gasteiger partial charge in [0.1, 0.15) is 0 Å². The molecule has 0 fully saturated rings. The molecule has 0 spiro atoms. The normalized spacial score (nSPS) is 9.71. The van der Waals surface area contributed by atoms with Crippen molar-refractivity contribution in [2.24, 2.45) is 5.73 Å². The first kappa shape index (κ1) is 11.6. The van der Waals surface area contributed by atoms with Crippen LogP contribution in [0.15, 0.2) is 40.8 Å². The molecule has 0 saturated heterocycles. The average molecular weight is 244 g/mol. The van der Waals surface area contributed by atoms with Crippen LogP contribution >= 0.6 is 11.3 Å². The van der Waals surface area contributed by atoms with Crippen LogP contribution < -0.4 is 11.2 Å². The summed E-state index contributed by atoms with van der Waals surface area (Å²) in [7, 11) is 0. The third kappa shape index (κ3) is 3.31. The molecular weight excluding hydrogens is 232 g/mol. The summed E-state index contributed by atoms with van der Waals surface area (Å²) < 4.78 is 1.97. The van der Waals surface area contributed by atoms with Gasteiger partial charge >= 0.3 is 0 Å². The molecule has 0 atom stereocenters. The lowest BCUT2D eigenvalue weighted by Crippen LogP contribution is -2.03. The molecule has 2 heterocycles. The van der Waals surface area contributed by atoms with Gasteiger partial charge in [-0.3, -0.25) is 4.79 Å². The van der Waals surface area contributed by atoms with Crippen LogP contribution in [0, 0.1) is 11.8 Å². The van der Waals surface area contributed by atoms with Gasteiger partial charge in [0, 0.05) is 40.3 Å². The molecular formula is C13H12N2OS. The number of thiophene rings is 1. The first-order valence-corrected chi connectivity index (χ1v) is 6.08. The van der Waals surface area contributed by atoms with Crippen LogP contribution in [-0.2, 0) is 6.54 Å². The molecule has 0 unspecified atom stereocenters. The highest BCUT2D eigenvalue weighted by atomic mass is 32.1. The first-order chi connectivity index (χ1) is 8.28. The van der Waals surface area contributed by atoms with Gasteiger partial charge in [-0.25, -0.2) is 0 Å². The Hall–Kier alpha value is -1.83. The van der Waals surface area contributed by atoms with Crippen LogP contribution in [0.5, 0.6) is 0 Å². The van der Waals surface area contributed by atoms with E-state index in [4.69, 9.17) is 5.73 Å². The Bertz CT molecular complexity index is 596. The molecule has 0 aliphatic rings. The second kappa shape index (κ2) is 5.48. The molecule has 2 aromatic heterocycles. The van der Waals surface area contributed by atoms with E-state index in [0.717, 1.165) is 12.1 Å². The maximum Gasteiger partial charge on any atom is 0.181 e. The number of rotatable bonds is 2. The molecule has 0 radical (unpaired) electrons. The van der Waals surface area contributed by atoms with Crippen molar-refractivity contribution in [1.82, 2.24) is 4.57 Å². The van der Waals surface area contributed by atoms with Crippen molar-refractivity contribution < 1.29 is 0 Å². The van der Waals surface area contributed by atoms with E-state index >= 15 is 0 Å². The van der Waals surface area contributed by atoms with Gasteiger partial charge in [-0.05, 0) is 6.07 Å². The zero-order chi connectivity index (χ0) is 12.1. The summed E-state index contributed by atoms with van der Waals surface area (Å²) in [6.45, 7) is 1.14. The van der Waals surface area contributed by atoms with Gasteiger partial charge in [-0.2, -0.15) is 0 Å². The topological polar surface area (TPSA) is 48.0 Å². The van der Waals surface area contributed by atoms with Gasteiger partial charge in [0.05, 0.1) is 13.1 Å². The van der Waals surface area contributed by atoms with Crippen LogP contribution in [0.2, 0.25) is 0 Å². The standard InChI is InChI=1S/C13H12N2OS/c14-5-1-2-11-8-13(17-10-11)9-15-6-3-12(16)4-7-15/h3-4,6-8,10H,5,9,14H2. The number of nitrogens with zero attached hydrogens (tertiary/aromatic N) is 1.